The summed E-state index contributed by atoms with van der Waals surface area (Å²) in [5, 5.41) is 17.2. The average molecular weight is 160 g/mol. The molecule has 1 aliphatic rings. The normalized spacial score (nSPS) is 19.7. The van der Waals surface area contributed by atoms with E-state index in [1.165, 1.54) is 25.3 Å². The molecule has 1 saturated carbocycles. The molecule has 2 heteroatoms. The van der Waals surface area contributed by atoms with Crippen LogP contribution in [0.4, 0.5) is 0 Å². The first-order chi connectivity index (χ1) is 5.88. The lowest BCUT2D eigenvalue weighted by atomic mass is 9.84. The van der Waals surface area contributed by atoms with Crippen molar-refractivity contribution in [2.24, 2.45) is 5.92 Å². The Bertz CT molecular complexity index is 246. The van der Waals surface area contributed by atoms with Gasteiger partial charge in [0.1, 0.15) is 0 Å². The van der Waals surface area contributed by atoms with Crippen LogP contribution in [0.25, 0.3) is 0 Å². The van der Waals surface area contributed by atoms with E-state index in [-0.39, 0.29) is 0 Å². The quantitative estimate of drug-likeness (QED) is 0.553. The predicted molar refractivity (Wildman–Crippen MR) is 45.9 cm³/mol. The summed E-state index contributed by atoms with van der Waals surface area (Å²) in [5.41, 5.74) is 0.678. The van der Waals surface area contributed by atoms with Crippen molar-refractivity contribution in [3.8, 4) is 12.1 Å². The van der Waals surface area contributed by atoms with Gasteiger partial charge in [0.25, 0.3) is 0 Å². The number of rotatable bonds is 1. The molecule has 0 saturated heterocycles. The van der Waals surface area contributed by atoms with Gasteiger partial charge in [0.2, 0.25) is 0 Å². The minimum absolute atomic E-state index is 0.364. The van der Waals surface area contributed by atoms with E-state index in [0.29, 0.717) is 11.5 Å². The van der Waals surface area contributed by atoms with Gasteiger partial charge in [0.05, 0.1) is 12.1 Å². The van der Waals surface area contributed by atoms with Crippen molar-refractivity contribution in [1.82, 2.24) is 0 Å². The van der Waals surface area contributed by atoms with Crippen LogP contribution in [0.3, 0.4) is 0 Å². The van der Waals surface area contributed by atoms with Crippen LogP contribution in [0.15, 0.2) is 11.6 Å². The molecule has 0 N–H and O–H groups in total. The second kappa shape index (κ2) is 4.57. The third-order valence-electron chi connectivity index (χ3n) is 2.39. The summed E-state index contributed by atoms with van der Waals surface area (Å²) in [4.78, 5) is 0. The molecular formula is C10H12N2. The molecule has 0 atom stereocenters. The summed E-state index contributed by atoms with van der Waals surface area (Å²) in [6.45, 7) is 0. The standard InChI is InChI=1S/C10H12N2/c11-7-6-10(8-12)9-4-2-1-3-5-9/h6,9H,1-5H2. The van der Waals surface area contributed by atoms with Crippen molar-refractivity contribution in [2.45, 2.75) is 32.1 Å². The summed E-state index contributed by atoms with van der Waals surface area (Å²) in [7, 11) is 0. The van der Waals surface area contributed by atoms with Crippen LogP contribution in [-0.4, -0.2) is 0 Å². The van der Waals surface area contributed by atoms with Crippen molar-refractivity contribution in [1.29, 1.82) is 10.5 Å². The Labute approximate surface area is 73.1 Å². The highest BCUT2D eigenvalue weighted by Crippen LogP contribution is 2.28. The summed E-state index contributed by atoms with van der Waals surface area (Å²) in [6.07, 6.45) is 7.25. The summed E-state index contributed by atoms with van der Waals surface area (Å²) in [6, 6.07) is 4.04. The molecule has 0 radical (unpaired) electrons. The van der Waals surface area contributed by atoms with Crippen LogP contribution in [0.2, 0.25) is 0 Å². The maximum absolute atomic E-state index is 8.74. The fourth-order valence-electron chi connectivity index (χ4n) is 1.72. The minimum atomic E-state index is 0.364. The number of hydrogen-bond donors (Lipinski definition) is 0. The maximum atomic E-state index is 8.74. The van der Waals surface area contributed by atoms with Crippen LogP contribution in [0, 0.1) is 28.6 Å². The molecule has 0 aromatic heterocycles. The predicted octanol–water partition coefficient (Wildman–Crippen LogP) is 2.54. The molecule has 12 heavy (non-hydrogen) atoms. The molecule has 0 amide bonds. The molecule has 62 valence electrons. The molecule has 1 rings (SSSR count). The maximum Gasteiger partial charge on any atom is 0.0957 e. The molecule has 0 unspecified atom stereocenters. The molecule has 0 aromatic rings. The van der Waals surface area contributed by atoms with E-state index in [2.05, 4.69) is 6.07 Å². The Hall–Kier alpha value is -1.28. The van der Waals surface area contributed by atoms with Gasteiger partial charge in [-0.3, -0.25) is 0 Å². The van der Waals surface area contributed by atoms with Gasteiger partial charge < -0.3 is 0 Å². The van der Waals surface area contributed by atoms with E-state index >= 15 is 0 Å². The van der Waals surface area contributed by atoms with Crippen LogP contribution in [0.1, 0.15) is 32.1 Å². The summed E-state index contributed by atoms with van der Waals surface area (Å²) < 4.78 is 0. The second-order valence-corrected chi connectivity index (χ2v) is 3.18. The van der Waals surface area contributed by atoms with Crippen molar-refractivity contribution < 1.29 is 0 Å². The van der Waals surface area contributed by atoms with Gasteiger partial charge in [-0.15, -0.1) is 0 Å². The van der Waals surface area contributed by atoms with Gasteiger partial charge in [-0.05, 0) is 18.8 Å². The SMILES string of the molecule is N#CC=C(C#N)C1CCCCC1. The Balaban J connectivity index is 2.61. The Kier molecular flexibility index (Phi) is 3.35. The highest BCUT2D eigenvalue weighted by atomic mass is 14.3. The minimum Gasteiger partial charge on any atom is -0.193 e. The van der Waals surface area contributed by atoms with E-state index < -0.39 is 0 Å². The summed E-state index contributed by atoms with van der Waals surface area (Å²) in [5.74, 6) is 0.364. The average Bonchev–Trinajstić information content (AvgIpc) is 2.15. The lowest BCUT2D eigenvalue weighted by molar-refractivity contribution is 0.409. The number of nitrogens with zero attached hydrogens (tertiary/aromatic N) is 2. The molecule has 2 nitrogen and oxygen atoms in total. The Morgan fingerprint density at radius 2 is 1.83 bits per heavy atom. The first-order valence-electron chi connectivity index (χ1n) is 4.38. The third-order valence-corrected chi connectivity index (χ3v) is 2.39. The zero-order valence-electron chi connectivity index (χ0n) is 7.08. The molecule has 0 aliphatic heterocycles. The van der Waals surface area contributed by atoms with Crippen LogP contribution in [0.5, 0.6) is 0 Å². The van der Waals surface area contributed by atoms with Crippen molar-refractivity contribution >= 4 is 0 Å². The molecule has 1 fully saturated rings. The van der Waals surface area contributed by atoms with Gasteiger partial charge in [0.15, 0.2) is 0 Å². The number of nitriles is 2. The van der Waals surface area contributed by atoms with Gasteiger partial charge in [0, 0.05) is 11.6 Å². The van der Waals surface area contributed by atoms with E-state index in [9.17, 15) is 0 Å². The first-order valence-corrected chi connectivity index (χ1v) is 4.38. The molecule has 1 aliphatic carbocycles. The highest BCUT2D eigenvalue weighted by Gasteiger charge is 2.17. The van der Waals surface area contributed by atoms with Crippen LogP contribution < -0.4 is 0 Å². The third kappa shape index (κ3) is 2.10. The van der Waals surface area contributed by atoms with Crippen LogP contribution in [-0.2, 0) is 0 Å². The zero-order chi connectivity index (χ0) is 8.81. The fourth-order valence-corrected chi connectivity index (χ4v) is 1.72. The highest BCUT2D eigenvalue weighted by molar-refractivity contribution is 5.29. The smallest absolute Gasteiger partial charge is 0.0957 e. The molecular weight excluding hydrogens is 148 g/mol. The largest absolute Gasteiger partial charge is 0.193 e. The zero-order valence-corrected chi connectivity index (χ0v) is 7.08. The monoisotopic (exact) mass is 160 g/mol. The van der Waals surface area contributed by atoms with Gasteiger partial charge in [-0.25, -0.2) is 0 Å². The topological polar surface area (TPSA) is 47.6 Å². The van der Waals surface area contributed by atoms with Crippen LogP contribution >= 0.6 is 0 Å². The van der Waals surface area contributed by atoms with Gasteiger partial charge in [-0.1, -0.05) is 19.3 Å². The molecule has 0 aromatic carbocycles. The first kappa shape index (κ1) is 8.81. The van der Waals surface area contributed by atoms with E-state index in [1.54, 1.807) is 0 Å². The lowest BCUT2D eigenvalue weighted by Crippen LogP contribution is -2.07. The van der Waals surface area contributed by atoms with Gasteiger partial charge in [-0.2, -0.15) is 10.5 Å². The van der Waals surface area contributed by atoms with E-state index in [1.807, 2.05) is 6.07 Å². The van der Waals surface area contributed by atoms with Crippen molar-refractivity contribution in [3.63, 3.8) is 0 Å². The Morgan fingerprint density at radius 3 is 2.33 bits per heavy atom. The molecule has 0 heterocycles. The van der Waals surface area contributed by atoms with Crippen molar-refractivity contribution in [2.75, 3.05) is 0 Å². The lowest BCUT2D eigenvalue weighted by Gasteiger charge is -2.19. The molecule has 0 bridgehead atoms. The van der Waals surface area contributed by atoms with Crippen molar-refractivity contribution in [3.05, 3.63) is 11.6 Å². The molecule has 0 spiro atoms. The summed E-state index contributed by atoms with van der Waals surface area (Å²) >= 11 is 0. The van der Waals surface area contributed by atoms with Gasteiger partial charge >= 0.3 is 0 Å². The van der Waals surface area contributed by atoms with E-state index in [0.717, 1.165) is 12.8 Å². The fraction of sp³-hybridized carbons (Fsp3) is 0.600. The number of hydrogen-bond acceptors (Lipinski definition) is 2. The number of allylic oxidation sites excluding steroid dienone is 2. The Morgan fingerprint density at radius 1 is 1.17 bits per heavy atom. The van der Waals surface area contributed by atoms with E-state index in [4.69, 9.17) is 10.5 Å². The second-order valence-electron chi connectivity index (χ2n) is 3.18.